The van der Waals surface area contributed by atoms with Crippen LogP contribution in [0.1, 0.15) is 35.0 Å². The van der Waals surface area contributed by atoms with E-state index in [9.17, 15) is 10.1 Å². The molecule has 3 aliphatic heterocycles. The molecule has 49 heavy (non-hydrogen) atoms. The number of hydrogen-bond donors (Lipinski definition) is 4. The van der Waals surface area contributed by atoms with Gasteiger partial charge in [0.15, 0.2) is 5.95 Å². The first-order valence-corrected chi connectivity index (χ1v) is 19.0. The largest absolute Gasteiger partial charge is 0.488 e. The number of nitrogens with zero attached hydrogens (tertiary/aromatic N) is 7. The summed E-state index contributed by atoms with van der Waals surface area (Å²) in [5.74, 6) is 0.763. The first kappa shape index (κ1) is 34.3. The number of benzene rings is 2. The molecule has 0 bridgehead atoms. The zero-order valence-electron chi connectivity index (χ0n) is 27.5. The summed E-state index contributed by atoms with van der Waals surface area (Å²) in [5, 5.41) is 13.3. The standard InChI is InChI=1S/C34H42IN11O3/c1-22(42-25-4-6-26(7-5-25)44-11-13-45(14-12-44)27-19-48-20-27)40-21-41-32(37)23-3-8-30(24(15-23)16-36)49-31-9-10-46(18-28(31)35-2)33(47)29-17-39-34(38)43-29/h3-8,15,17,21-22,27-28,31,42H,2,9-14,18-20H2,1H3,(H2,37,40,41)(H3,38,39,43)/t22?,28-,31?/m1/s1. The molecule has 6 N–H and O–H groups in total. The van der Waals surface area contributed by atoms with E-state index < -0.39 is 20.7 Å². The zero-order valence-corrected chi connectivity index (χ0v) is 29.6. The number of piperazine rings is 1. The summed E-state index contributed by atoms with van der Waals surface area (Å²) in [4.78, 5) is 35.1. The first-order valence-electron chi connectivity index (χ1n) is 16.3. The Morgan fingerprint density at radius 1 is 1.22 bits per heavy atom. The van der Waals surface area contributed by atoms with Gasteiger partial charge in [0.2, 0.25) is 0 Å². The average molecular weight is 780 g/mol. The van der Waals surface area contributed by atoms with Crippen molar-refractivity contribution < 1.29 is 14.3 Å². The Balaban J connectivity index is 0.999. The van der Waals surface area contributed by atoms with Crippen LogP contribution in [0.15, 0.2) is 58.6 Å². The van der Waals surface area contributed by atoms with Gasteiger partial charge in [-0.3, -0.25) is 9.69 Å². The molecular formula is C34H42IN11O3. The molecule has 6 rings (SSSR count). The van der Waals surface area contributed by atoms with E-state index in [1.807, 2.05) is 6.92 Å². The van der Waals surface area contributed by atoms with Crippen LogP contribution in [0.5, 0.6) is 5.75 Å². The quantitative estimate of drug-likeness (QED) is 0.0977. The van der Waals surface area contributed by atoms with Crippen molar-refractivity contribution in [3.8, 4) is 11.8 Å². The lowest BCUT2D eigenvalue weighted by molar-refractivity contribution is -0.0660. The lowest BCUT2D eigenvalue weighted by Crippen LogP contribution is -2.56. The number of aromatic nitrogens is 2. The third-order valence-corrected chi connectivity index (χ3v) is 11.3. The van der Waals surface area contributed by atoms with Crippen LogP contribution in [0.4, 0.5) is 17.3 Å². The molecule has 0 spiro atoms. The Labute approximate surface area is 295 Å². The molecule has 3 aliphatic rings. The number of H-pyrrole nitrogens is 1. The van der Waals surface area contributed by atoms with Gasteiger partial charge in [-0.05, 0) is 49.4 Å². The summed E-state index contributed by atoms with van der Waals surface area (Å²) < 4.78 is 16.0. The molecule has 2 unspecified atom stereocenters. The van der Waals surface area contributed by atoms with E-state index in [4.69, 9.17) is 20.9 Å². The lowest BCUT2D eigenvalue weighted by Gasteiger charge is -2.43. The average Bonchev–Trinajstić information content (AvgIpc) is 3.54. The fraction of sp³-hybridized carbons (Fsp3) is 0.412. The maximum atomic E-state index is 12.9. The van der Waals surface area contributed by atoms with Gasteiger partial charge in [0.1, 0.15) is 42.0 Å². The molecule has 3 atom stereocenters. The Morgan fingerprint density at radius 2 is 2.00 bits per heavy atom. The number of imidazole rings is 1. The first-order chi connectivity index (χ1) is 23.8. The van der Waals surface area contributed by atoms with Crippen molar-refractivity contribution in [2.45, 2.75) is 35.6 Å². The molecule has 0 aliphatic carbocycles. The number of carbonyl (C=O) groups excluding carboxylic acids is 1. The molecule has 1 aromatic heterocycles. The van der Waals surface area contributed by atoms with Gasteiger partial charge in [0, 0.05) is 62.6 Å². The summed E-state index contributed by atoms with van der Waals surface area (Å²) in [5.41, 5.74) is 15.4. The van der Waals surface area contributed by atoms with Gasteiger partial charge in [-0.15, -0.1) is 20.7 Å². The fourth-order valence-electron chi connectivity index (χ4n) is 6.10. The number of nitriles is 1. The molecule has 0 radical (unpaired) electrons. The highest BCUT2D eigenvalue weighted by atomic mass is 127. The number of ether oxygens (including phenoxy) is 2. The van der Waals surface area contributed by atoms with Gasteiger partial charge in [-0.25, -0.2) is 15.0 Å². The van der Waals surface area contributed by atoms with Crippen LogP contribution in [-0.4, -0.2) is 117 Å². The fourth-order valence-corrected chi connectivity index (χ4v) is 7.93. The van der Waals surface area contributed by atoms with Crippen molar-refractivity contribution >= 4 is 60.6 Å². The molecule has 4 heterocycles. The molecule has 15 heteroatoms. The summed E-state index contributed by atoms with van der Waals surface area (Å²) in [6, 6.07) is 16.4. The summed E-state index contributed by atoms with van der Waals surface area (Å²) in [7, 11) is 0. The summed E-state index contributed by atoms with van der Waals surface area (Å²) in [6.07, 6.45) is 3.10. The number of aliphatic imine (C=N–C) groups is 2. The number of amides is 1. The maximum Gasteiger partial charge on any atom is 0.272 e. The number of hydrogen-bond acceptors (Lipinski definition) is 10. The van der Waals surface area contributed by atoms with E-state index >= 15 is 0 Å². The smallest absolute Gasteiger partial charge is 0.272 e. The van der Waals surface area contributed by atoms with Crippen molar-refractivity contribution in [1.29, 1.82) is 5.26 Å². The molecule has 0 saturated carbocycles. The number of alkyl halides is 1. The van der Waals surface area contributed by atoms with Gasteiger partial charge in [0.25, 0.3) is 5.91 Å². The number of aromatic amines is 1. The molecule has 1 amide bonds. The number of likely N-dealkylation sites (tertiary alicyclic amines) is 1. The van der Waals surface area contributed by atoms with Crippen LogP contribution in [0.25, 0.3) is 0 Å². The number of halogens is 1. The van der Waals surface area contributed by atoms with Crippen LogP contribution >= 0.6 is 20.7 Å². The number of amidine groups is 1. The Kier molecular flexibility index (Phi) is 11.1. The van der Waals surface area contributed by atoms with E-state index in [-0.39, 0.29) is 33.9 Å². The highest BCUT2D eigenvalue weighted by Crippen LogP contribution is 2.29. The van der Waals surface area contributed by atoms with E-state index in [2.05, 4.69) is 69.9 Å². The Hall–Kier alpha value is -4.53. The molecule has 3 aromatic rings. The topological polar surface area (TPSA) is 187 Å². The molecule has 258 valence electrons. The normalized spacial score (nSPS) is 21.3. The maximum absolute atomic E-state index is 12.9. The van der Waals surface area contributed by atoms with Crippen molar-refractivity contribution in [1.82, 2.24) is 19.8 Å². The predicted octanol–water partition coefficient (Wildman–Crippen LogP) is 2.64. The van der Waals surface area contributed by atoms with E-state index in [0.717, 1.165) is 45.1 Å². The van der Waals surface area contributed by atoms with Crippen molar-refractivity contribution in [3.63, 3.8) is 0 Å². The van der Waals surface area contributed by atoms with Crippen LogP contribution in [0.2, 0.25) is 0 Å². The minimum absolute atomic E-state index is 0.0908. The van der Waals surface area contributed by atoms with Gasteiger partial charge in [-0.2, -0.15) is 5.26 Å². The Morgan fingerprint density at radius 3 is 2.65 bits per heavy atom. The van der Waals surface area contributed by atoms with E-state index in [0.29, 0.717) is 48.1 Å². The number of carbonyl (C=O) groups is 1. The summed E-state index contributed by atoms with van der Waals surface area (Å²) >= 11 is -0.506. The highest BCUT2D eigenvalue weighted by molar-refractivity contribution is 14.2. The second-order valence-electron chi connectivity index (χ2n) is 12.2. The molecular weight excluding hydrogens is 737 g/mol. The third kappa shape index (κ3) is 8.38. The number of anilines is 3. The van der Waals surface area contributed by atoms with Crippen LogP contribution < -0.4 is 26.4 Å². The molecule has 3 saturated heterocycles. The van der Waals surface area contributed by atoms with Gasteiger partial charge in [0.05, 0.1) is 34.9 Å². The van der Waals surface area contributed by atoms with Crippen LogP contribution in [0, 0.1) is 11.3 Å². The van der Waals surface area contributed by atoms with Gasteiger partial charge < -0.3 is 41.0 Å². The van der Waals surface area contributed by atoms with Crippen molar-refractivity contribution in [2.24, 2.45) is 15.7 Å². The second-order valence-corrected chi connectivity index (χ2v) is 14.7. The van der Waals surface area contributed by atoms with Gasteiger partial charge >= 0.3 is 0 Å². The molecule has 2 aromatic carbocycles. The predicted molar refractivity (Wildman–Crippen MR) is 201 cm³/mol. The number of nitrogens with one attached hydrogen (secondary N) is 2. The summed E-state index contributed by atoms with van der Waals surface area (Å²) in [6.45, 7) is 8.84. The monoisotopic (exact) mass is 779 g/mol. The number of nitrogens with two attached hydrogens (primary N) is 2. The third-order valence-electron chi connectivity index (χ3n) is 9.01. The van der Waals surface area contributed by atoms with Gasteiger partial charge in [-0.1, -0.05) is 4.51 Å². The molecule has 14 nitrogen and oxygen atoms in total. The van der Waals surface area contributed by atoms with Crippen molar-refractivity contribution in [3.05, 3.63) is 65.5 Å². The van der Waals surface area contributed by atoms with Crippen molar-refractivity contribution in [2.75, 3.05) is 68.4 Å². The number of piperidine rings is 1. The van der Waals surface area contributed by atoms with E-state index in [1.54, 1.807) is 23.1 Å². The van der Waals surface area contributed by atoms with E-state index in [1.165, 1.54) is 18.2 Å². The highest BCUT2D eigenvalue weighted by Gasteiger charge is 2.33. The molecule has 3 fully saturated rings. The number of nitrogen functional groups attached to an aromatic ring is 1. The lowest BCUT2D eigenvalue weighted by atomic mass is 10.1. The minimum Gasteiger partial charge on any atom is -0.488 e. The SMILES string of the molecule is C=I[C@@H]1CN(C(=O)c2cnc(N)[nH]2)CCC1Oc1ccc(C(N)=NC=NC(C)Nc2ccc(N3CCN(C4COC4)CC3)cc2)cc1C#N. The Bertz CT molecular complexity index is 1730. The number of rotatable bonds is 11. The zero-order chi connectivity index (χ0) is 34.3. The minimum atomic E-state index is -0.506. The second kappa shape index (κ2) is 15.8. The van der Waals surface area contributed by atoms with Crippen LogP contribution in [-0.2, 0) is 4.74 Å². The van der Waals surface area contributed by atoms with Crippen LogP contribution in [0.3, 0.4) is 0 Å².